The molecule has 2 aromatic rings. The summed E-state index contributed by atoms with van der Waals surface area (Å²) >= 11 is 0. The van der Waals surface area contributed by atoms with Gasteiger partial charge in [0.25, 0.3) is 0 Å². The van der Waals surface area contributed by atoms with Gasteiger partial charge in [0.2, 0.25) is 0 Å². The van der Waals surface area contributed by atoms with E-state index < -0.39 is 11.7 Å². The van der Waals surface area contributed by atoms with Crippen LogP contribution >= 0.6 is 0 Å². The summed E-state index contributed by atoms with van der Waals surface area (Å²) < 4.78 is 37.9. The number of alkyl halides is 3. The summed E-state index contributed by atoms with van der Waals surface area (Å²) in [5.74, 6) is 2.94. The number of imidazole rings is 1. The second-order valence-electron chi connectivity index (χ2n) is 5.78. The van der Waals surface area contributed by atoms with Crippen molar-refractivity contribution in [2.45, 2.75) is 31.4 Å². The molecule has 19 heavy (non-hydrogen) atoms. The average Bonchev–Trinajstić information content (AvgIpc) is 2.81. The molecule has 2 atom stereocenters. The number of rotatable bonds is 1. The highest BCUT2D eigenvalue weighted by Gasteiger charge is 2.47. The number of hydrogen-bond donors (Lipinski definition) is 1. The summed E-state index contributed by atoms with van der Waals surface area (Å²) in [4.78, 5) is 7.53. The van der Waals surface area contributed by atoms with Gasteiger partial charge in [-0.25, -0.2) is 4.98 Å². The van der Waals surface area contributed by atoms with Gasteiger partial charge in [-0.05, 0) is 49.3 Å². The van der Waals surface area contributed by atoms with Gasteiger partial charge < -0.3 is 4.98 Å². The van der Waals surface area contributed by atoms with E-state index in [1.807, 2.05) is 0 Å². The molecule has 0 aliphatic heterocycles. The lowest BCUT2D eigenvalue weighted by molar-refractivity contribution is -0.137. The highest BCUT2D eigenvalue weighted by atomic mass is 19.4. The van der Waals surface area contributed by atoms with E-state index in [2.05, 4.69) is 9.97 Å². The molecule has 1 aromatic carbocycles. The molecular weight excluding hydrogens is 253 g/mol. The number of fused-ring (bicyclic) bond motifs is 2. The monoisotopic (exact) mass is 266 g/mol. The number of H-pyrrole nitrogens is 1. The van der Waals surface area contributed by atoms with Gasteiger partial charge in [0.05, 0.1) is 16.6 Å². The molecule has 4 rings (SSSR count). The number of nitrogens with zero attached hydrogens (tertiary/aromatic N) is 1. The van der Waals surface area contributed by atoms with Crippen LogP contribution in [0.5, 0.6) is 0 Å². The number of aromatic nitrogens is 2. The lowest BCUT2D eigenvalue weighted by atomic mass is 10.0. The van der Waals surface area contributed by atoms with Crippen LogP contribution in [0, 0.1) is 11.8 Å². The quantitative estimate of drug-likeness (QED) is 0.827. The Morgan fingerprint density at radius 2 is 1.84 bits per heavy atom. The van der Waals surface area contributed by atoms with Crippen LogP contribution in [0.25, 0.3) is 11.0 Å². The Hall–Kier alpha value is -1.52. The molecule has 5 heteroatoms. The van der Waals surface area contributed by atoms with E-state index in [0.29, 0.717) is 17.0 Å². The molecule has 0 amide bonds. The molecule has 2 saturated carbocycles. The maximum Gasteiger partial charge on any atom is 0.416 e. The first-order valence-electron chi connectivity index (χ1n) is 6.57. The van der Waals surface area contributed by atoms with Gasteiger partial charge in [-0.1, -0.05) is 0 Å². The maximum atomic E-state index is 12.6. The summed E-state index contributed by atoms with van der Waals surface area (Å²) in [7, 11) is 0. The highest BCUT2D eigenvalue weighted by Crippen LogP contribution is 2.57. The van der Waals surface area contributed by atoms with Gasteiger partial charge in [0.1, 0.15) is 5.82 Å². The number of halogens is 3. The third kappa shape index (κ3) is 1.83. The third-order valence-electron chi connectivity index (χ3n) is 4.46. The van der Waals surface area contributed by atoms with Crippen molar-refractivity contribution in [2.24, 2.45) is 11.8 Å². The van der Waals surface area contributed by atoms with Gasteiger partial charge in [0.15, 0.2) is 0 Å². The molecule has 100 valence electrons. The standard InChI is InChI=1S/C14H13F3N2/c15-14(16,17)10-1-2-11-12(6-10)19-13(18-11)9-4-7-3-8(7)5-9/h1-2,6-9H,3-5H2,(H,18,19). The Morgan fingerprint density at radius 3 is 2.53 bits per heavy atom. The molecule has 2 aliphatic carbocycles. The molecule has 2 nitrogen and oxygen atoms in total. The molecule has 1 N–H and O–H groups in total. The normalized spacial score (nSPS) is 29.7. The van der Waals surface area contributed by atoms with Crippen LogP contribution in [-0.4, -0.2) is 9.97 Å². The fourth-order valence-electron chi connectivity index (χ4n) is 3.34. The molecule has 2 aliphatic rings. The van der Waals surface area contributed by atoms with Gasteiger partial charge in [-0.3, -0.25) is 0 Å². The number of nitrogens with one attached hydrogen (secondary N) is 1. The van der Waals surface area contributed by atoms with E-state index in [1.54, 1.807) is 0 Å². The Balaban J connectivity index is 1.70. The van der Waals surface area contributed by atoms with E-state index >= 15 is 0 Å². The fourth-order valence-corrected chi connectivity index (χ4v) is 3.34. The molecule has 2 fully saturated rings. The van der Waals surface area contributed by atoms with Gasteiger partial charge in [-0.2, -0.15) is 13.2 Å². The lowest BCUT2D eigenvalue weighted by Gasteiger charge is -2.06. The highest BCUT2D eigenvalue weighted by molar-refractivity contribution is 5.76. The van der Waals surface area contributed by atoms with Crippen molar-refractivity contribution < 1.29 is 13.2 Å². The minimum atomic E-state index is -4.30. The summed E-state index contributed by atoms with van der Waals surface area (Å²) in [6, 6.07) is 3.70. The Labute approximate surface area is 108 Å². The summed E-state index contributed by atoms with van der Waals surface area (Å²) in [6.07, 6.45) is -0.698. The Morgan fingerprint density at radius 1 is 1.11 bits per heavy atom. The zero-order chi connectivity index (χ0) is 13.2. The topological polar surface area (TPSA) is 28.7 Å². The van der Waals surface area contributed by atoms with Crippen molar-refractivity contribution in [3.05, 3.63) is 29.6 Å². The van der Waals surface area contributed by atoms with Crippen molar-refractivity contribution in [1.82, 2.24) is 9.97 Å². The van der Waals surface area contributed by atoms with Gasteiger partial charge in [-0.15, -0.1) is 0 Å². The van der Waals surface area contributed by atoms with Crippen LogP contribution in [0.4, 0.5) is 13.2 Å². The van der Waals surface area contributed by atoms with Crippen LogP contribution in [0.15, 0.2) is 18.2 Å². The summed E-state index contributed by atoms with van der Waals surface area (Å²) in [6.45, 7) is 0. The molecule has 0 saturated heterocycles. The van der Waals surface area contributed by atoms with Gasteiger partial charge in [0, 0.05) is 5.92 Å². The first-order valence-corrected chi connectivity index (χ1v) is 6.57. The smallest absolute Gasteiger partial charge is 0.342 e. The number of hydrogen-bond acceptors (Lipinski definition) is 1. The third-order valence-corrected chi connectivity index (χ3v) is 4.46. The van der Waals surface area contributed by atoms with E-state index in [-0.39, 0.29) is 0 Å². The molecule has 2 unspecified atom stereocenters. The summed E-state index contributed by atoms with van der Waals surface area (Å²) in [5.41, 5.74) is 0.499. The molecule has 0 bridgehead atoms. The van der Waals surface area contributed by atoms with Crippen LogP contribution in [0.2, 0.25) is 0 Å². The van der Waals surface area contributed by atoms with Crippen LogP contribution in [-0.2, 0) is 6.18 Å². The van der Waals surface area contributed by atoms with Crippen molar-refractivity contribution in [1.29, 1.82) is 0 Å². The minimum Gasteiger partial charge on any atom is -0.342 e. The zero-order valence-electron chi connectivity index (χ0n) is 10.2. The first-order chi connectivity index (χ1) is 9.00. The van der Waals surface area contributed by atoms with E-state index in [1.165, 1.54) is 12.5 Å². The van der Waals surface area contributed by atoms with Crippen LogP contribution in [0.3, 0.4) is 0 Å². The summed E-state index contributed by atoms with van der Waals surface area (Å²) in [5, 5.41) is 0. The second-order valence-corrected chi connectivity index (χ2v) is 5.78. The number of aromatic amines is 1. The minimum absolute atomic E-state index is 0.408. The molecule has 0 radical (unpaired) electrons. The van der Waals surface area contributed by atoms with Crippen LogP contribution < -0.4 is 0 Å². The van der Waals surface area contributed by atoms with Crippen molar-refractivity contribution in [3.63, 3.8) is 0 Å². The average molecular weight is 266 g/mol. The molecular formula is C14H13F3N2. The molecule has 0 spiro atoms. The second kappa shape index (κ2) is 3.52. The SMILES string of the molecule is FC(F)(F)c1ccc2nc(C3CC4CC4C3)[nH]c2c1. The van der Waals surface area contributed by atoms with Crippen LogP contribution in [0.1, 0.15) is 36.6 Å². The Bertz CT molecular complexity index is 634. The molecule has 1 heterocycles. The van der Waals surface area contributed by atoms with Crippen molar-refractivity contribution in [2.75, 3.05) is 0 Å². The molecule has 1 aromatic heterocycles. The van der Waals surface area contributed by atoms with Crippen molar-refractivity contribution in [3.8, 4) is 0 Å². The fraction of sp³-hybridized carbons (Fsp3) is 0.500. The zero-order valence-corrected chi connectivity index (χ0v) is 10.2. The maximum absolute atomic E-state index is 12.6. The Kier molecular flexibility index (Phi) is 2.10. The van der Waals surface area contributed by atoms with Gasteiger partial charge >= 0.3 is 6.18 Å². The van der Waals surface area contributed by atoms with E-state index in [9.17, 15) is 13.2 Å². The largest absolute Gasteiger partial charge is 0.416 e. The first kappa shape index (κ1) is 11.3. The predicted octanol–water partition coefficient (Wildman–Crippen LogP) is 4.10. The predicted molar refractivity (Wildman–Crippen MR) is 64.7 cm³/mol. The van der Waals surface area contributed by atoms with E-state index in [0.717, 1.165) is 42.6 Å². The number of benzene rings is 1. The van der Waals surface area contributed by atoms with Crippen molar-refractivity contribution >= 4 is 11.0 Å². The lowest BCUT2D eigenvalue weighted by Crippen LogP contribution is -2.04. The van der Waals surface area contributed by atoms with E-state index in [4.69, 9.17) is 0 Å².